The highest BCUT2D eigenvalue weighted by Crippen LogP contribution is 2.24. The Morgan fingerprint density at radius 2 is 1.90 bits per heavy atom. The summed E-state index contributed by atoms with van der Waals surface area (Å²) in [7, 11) is 0. The molecule has 20 heavy (non-hydrogen) atoms. The second-order valence-electron chi connectivity index (χ2n) is 4.45. The van der Waals surface area contributed by atoms with Crippen molar-refractivity contribution in [1.82, 2.24) is 4.98 Å². The number of aryl methyl sites for hydroxylation is 1. The molecule has 0 aliphatic carbocycles. The second-order valence-corrected chi connectivity index (χ2v) is 5.43. The van der Waals surface area contributed by atoms with Gasteiger partial charge in [-0.05, 0) is 18.4 Å². The molecule has 0 bridgehead atoms. The lowest BCUT2D eigenvalue weighted by Crippen LogP contribution is -2.11. The van der Waals surface area contributed by atoms with Crippen LogP contribution in [0.3, 0.4) is 0 Å². The lowest BCUT2D eigenvalue weighted by molar-refractivity contribution is 0.103. The number of nitrogens with one attached hydrogen (secondary N) is 2. The van der Waals surface area contributed by atoms with E-state index in [9.17, 15) is 9.59 Å². The number of aromatic amines is 1. The van der Waals surface area contributed by atoms with Crippen molar-refractivity contribution in [2.24, 2.45) is 0 Å². The molecule has 0 saturated heterocycles. The summed E-state index contributed by atoms with van der Waals surface area (Å²) < 4.78 is 0. The number of fused-ring (bicyclic) bond motifs is 1. The molecule has 0 aliphatic heterocycles. The molecule has 0 unspecified atom stereocenters. The molecule has 2 N–H and O–H groups in total. The van der Waals surface area contributed by atoms with Crippen LogP contribution in [0.1, 0.15) is 15.4 Å². The van der Waals surface area contributed by atoms with Gasteiger partial charge in [-0.3, -0.25) is 9.59 Å². The standard InChI is InChI=1S/C15H12N2O2S/c1-9-13(20-15(19)16-9)14(18)17-12-8-4-6-10-5-2-3-7-11(10)12/h2-8H,1H3,(H,16,19)(H,17,18). The number of hydrogen-bond donors (Lipinski definition) is 2. The van der Waals surface area contributed by atoms with Crippen LogP contribution in [0, 0.1) is 6.92 Å². The quantitative estimate of drug-likeness (QED) is 0.759. The number of hydrogen-bond acceptors (Lipinski definition) is 3. The molecule has 3 aromatic rings. The number of aromatic nitrogens is 1. The number of amides is 1. The van der Waals surface area contributed by atoms with Crippen LogP contribution in [-0.4, -0.2) is 10.9 Å². The molecule has 0 saturated carbocycles. The minimum absolute atomic E-state index is 0.217. The average Bonchev–Trinajstić information content (AvgIpc) is 2.78. The number of benzene rings is 2. The molecule has 5 heteroatoms. The van der Waals surface area contributed by atoms with E-state index in [2.05, 4.69) is 10.3 Å². The molecule has 100 valence electrons. The van der Waals surface area contributed by atoms with Gasteiger partial charge in [0, 0.05) is 16.8 Å². The van der Waals surface area contributed by atoms with E-state index in [-0.39, 0.29) is 10.8 Å². The van der Waals surface area contributed by atoms with Crippen LogP contribution in [0.5, 0.6) is 0 Å². The molecule has 1 aromatic heterocycles. The molecule has 1 heterocycles. The molecule has 0 radical (unpaired) electrons. The highest BCUT2D eigenvalue weighted by atomic mass is 32.1. The smallest absolute Gasteiger partial charge is 0.305 e. The summed E-state index contributed by atoms with van der Waals surface area (Å²) in [4.78, 5) is 26.3. The van der Waals surface area contributed by atoms with E-state index in [0.717, 1.165) is 27.8 Å². The van der Waals surface area contributed by atoms with Gasteiger partial charge in [0.25, 0.3) is 5.91 Å². The Morgan fingerprint density at radius 1 is 1.15 bits per heavy atom. The SMILES string of the molecule is Cc1[nH]c(=O)sc1C(=O)Nc1cccc2ccccc12. The fourth-order valence-electron chi connectivity index (χ4n) is 2.13. The number of thiazole rings is 1. The van der Waals surface area contributed by atoms with E-state index in [1.807, 2.05) is 42.5 Å². The van der Waals surface area contributed by atoms with Crippen molar-refractivity contribution in [2.45, 2.75) is 6.92 Å². The maximum atomic E-state index is 12.2. The summed E-state index contributed by atoms with van der Waals surface area (Å²) in [5, 5.41) is 4.90. The fraction of sp³-hybridized carbons (Fsp3) is 0.0667. The Morgan fingerprint density at radius 3 is 2.65 bits per heavy atom. The van der Waals surface area contributed by atoms with E-state index < -0.39 is 0 Å². The van der Waals surface area contributed by atoms with Crippen LogP contribution in [0.2, 0.25) is 0 Å². The maximum Gasteiger partial charge on any atom is 0.305 e. The summed E-state index contributed by atoms with van der Waals surface area (Å²) in [6, 6.07) is 13.6. The molecule has 1 amide bonds. The Bertz CT molecular complexity index is 843. The number of H-pyrrole nitrogens is 1. The minimum Gasteiger partial charge on any atom is -0.321 e. The highest BCUT2D eigenvalue weighted by Gasteiger charge is 2.14. The van der Waals surface area contributed by atoms with Gasteiger partial charge in [-0.25, -0.2) is 0 Å². The summed E-state index contributed by atoms with van der Waals surface area (Å²) in [5.74, 6) is -0.262. The van der Waals surface area contributed by atoms with Crippen molar-refractivity contribution < 1.29 is 4.79 Å². The lowest BCUT2D eigenvalue weighted by atomic mass is 10.1. The predicted octanol–water partition coefficient (Wildman–Crippen LogP) is 3.15. The lowest BCUT2D eigenvalue weighted by Gasteiger charge is -2.08. The van der Waals surface area contributed by atoms with Crippen LogP contribution >= 0.6 is 11.3 Å². The number of rotatable bonds is 2. The predicted molar refractivity (Wildman–Crippen MR) is 81.6 cm³/mol. The minimum atomic E-state index is -0.262. The number of carbonyl (C=O) groups excluding carboxylic acids is 1. The molecule has 0 spiro atoms. The van der Waals surface area contributed by atoms with Gasteiger partial charge in [0.2, 0.25) is 0 Å². The van der Waals surface area contributed by atoms with Crippen molar-refractivity contribution in [3.8, 4) is 0 Å². The number of carbonyl (C=O) groups is 1. The normalized spacial score (nSPS) is 10.7. The third kappa shape index (κ3) is 2.23. The van der Waals surface area contributed by atoms with Crippen LogP contribution in [0.15, 0.2) is 47.3 Å². The van der Waals surface area contributed by atoms with Gasteiger partial charge < -0.3 is 10.3 Å². The molecule has 3 rings (SSSR count). The van der Waals surface area contributed by atoms with Crippen molar-refractivity contribution in [3.05, 3.63) is 62.7 Å². The average molecular weight is 284 g/mol. The van der Waals surface area contributed by atoms with Crippen LogP contribution in [0.25, 0.3) is 10.8 Å². The first kappa shape index (κ1) is 12.6. The fourth-order valence-corrected chi connectivity index (χ4v) is 2.87. The Kier molecular flexibility index (Phi) is 3.12. The van der Waals surface area contributed by atoms with E-state index in [4.69, 9.17) is 0 Å². The topological polar surface area (TPSA) is 62.0 Å². The van der Waals surface area contributed by atoms with Crippen LogP contribution < -0.4 is 10.2 Å². The van der Waals surface area contributed by atoms with Gasteiger partial charge >= 0.3 is 4.87 Å². The van der Waals surface area contributed by atoms with Crippen molar-refractivity contribution in [2.75, 3.05) is 5.32 Å². The third-order valence-electron chi connectivity index (χ3n) is 3.07. The van der Waals surface area contributed by atoms with E-state index in [1.54, 1.807) is 6.92 Å². The van der Waals surface area contributed by atoms with Crippen molar-refractivity contribution in [1.29, 1.82) is 0 Å². The molecule has 0 fully saturated rings. The van der Waals surface area contributed by atoms with E-state index >= 15 is 0 Å². The second kappa shape index (κ2) is 4.94. The van der Waals surface area contributed by atoms with Crippen LogP contribution in [-0.2, 0) is 0 Å². The first-order valence-corrected chi connectivity index (χ1v) is 6.95. The van der Waals surface area contributed by atoms with Gasteiger partial charge in [-0.1, -0.05) is 47.7 Å². The Hall–Kier alpha value is -2.40. The maximum absolute atomic E-state index is 12.2. The zero-order chi connectivity index (χ0) is 14.1. The molecular formula is C15H12N2O2S. The summed E-state index contributed by atoms with van der Waals surface area (Å²) >= 11 is 0.924. The zero-order valence-electron chi connectivity index (χ0n) is 10.8. The van der Waals surface area contributed by atoms with Gasteiger partial charge in [0.05, 0.1) is 0 Å². The Balaban J connectivity index is 1.99. The van der Waals surface area contributed by atoms with Gasteiger partial charge in [-0.2, -0.15) is 0 Å². The summed E-state index contributed by atoms with van der Waals surface area (Å²) in [6.07, 6.45) is 0. The first-order valence-electron chi connectivity index (χ1n) is 6.14. The molecule has 2 aromatic carbocycles. The van der Waals surface area contributed by atoms with Gasteiger partial charge in [-0.15, -0.1) is 0 Å². The monoisotopic (exact) mass is 284 g/mol. The number of anilines is 1. The molecule has 0 atom stereocenters. The molecule has 0 aliphatic rings. The highest BCUT2D eigenvalue weighted by molar-refractivity contribution is 7.11. The summed E-state index contributed by atoms with van der Waals surface area (Å²) in [6.45, 7) is 1.72. The third-order valence-corrected chi connectivity index (χ3v) is 4.05. The summed E-state index contributed by atoms with van der Waals surface area (Å²) in [5.41, 5.74) is 1.34. The van der Waals surface area contributed by atoms with Crippen molar-refractivity contribution >= 4 is 33.7 Å². The Labute approximate surface area is 119 Å². The molecule has 4 nitrogen and oxygen atoms in total. The first-order chi connectivity index (χ1) is 9.65. The van der Waals surface area contributed by atoms with Crippen LogP contribution in [0.4, 0.5) is 5.69 Å². The van der Waals surface area contributed by atoms with Gasteiger partial charge in [0.1, 0.15) is 4.88 Å². The largest absolute Gasteiger partial charge is 0.321 e. The van der Waals surface area contributed by atoms with E-state index in [0.29, 0.717) is 10.6 Å². The molecular weight excluding hydrogens is 272 g/mol. The van der Waals surface area contributed by atoms with Gasteiger partial charge in [0.15, 0.2) is 0 Å². The van der Waals surface area contributed by atoms with E-state index in [1.165, 1.54) is 0 Å². The van der Waals surface area contributed by atoms with Crippen molar-refractivity contribution in [3.63, 3.8) is 0 Å². The zero-order valence-corrected chi connectivity index (χ0v) is 11.6.